The smallest absolute Gasteiger partial charge is 0.220 e. The van der Waals surface area contributed by atoms with Crippen LogP contribution in [0.4, 0.5) is 0 Å². The maximum Gasteiger partial charge on any atom is 0.220 e. The lowest BCUT2D eigenvalue weighted by atomic mass is 9.84. The highest BCUT2D eigenvalue weighted by Crippen LogP contribution is 2.28. The molecule has 0 spiro atoms. The Morgan fingerprint density at radius 2 is 2.17 bits per heavy atom. The van der Waals surface area contributed by atoms with Gasteiger partial charge in [0.05, 0.1) is 0 Å². The van der Waals surface area contributed by atoms with Gasteiger partial charge in [-0.1, -0.05) is 36.8 Å². The Bertz CT molecular complexity index is 371. The first-order chi connectivity index (χ1) is 8.81. The summed E-state index contributed by atoms with van der Waals surface area (Å²) < 4.78 is 0. The third-order valence-electron chi connectivity index (χ3n) is 3.75. The van der Waals surface area contributed by atoms with Crippen LogP contribution in [0.25, 0.3) is 0 Å². The van der Waals surface area contributed by atoms with Crippen LogP contribution in [-0.4, -0.2) is 25.5 Å². The van der Waals surface area contributed by atoms with Gasteiger partial charge in [0.15, 0.2) is 0 Å². The van der Waals surface area contributed by atoms with E-state index in [1.165, 1.54) is 18.4 Å². The second kappa shape index (κ2) is 6.55. The summed E-state index contributed by atoms with van der Waals surface area (Å²) in [7, 11) is 1.71. The number of piperidine rings is 1. The fraction of sp³-hybridized carbons (Fsp3) is 0.533. The fourth-order valence-electron chi connectivity index (χ4n) is 2.72. The molecule has 0 unspecified atom stereocenters. The van der Waals surface area contributed by atoms with Crippen molar-refractivity contribution >= 4 is 5.91 Å². The molecule has 18 heavy (non-hydrogen) atoms. The third kappa shape index (κ3) is 3.33. The lowest BCUT2D eigenvalue weighted by Gasteiger charge is -2.31. The van der Waals surface area contributed by atoms with E-state index in [0.29, 0.717) is 12.5 Å². The fourth-order valence-corrected chi connectivity index (χ4v) is 2.72. The molecule has 1 fully saturated rings. The quantitative estimate of drug-likeness (QED) is 0.853. The third-order valence-corrected chi connectivity index (χ3v) is 3.75. The van der Waals surface area contributed by atoms with E-state index in [1.54, 1.807) is 7.05 Å². The van der Waals surface area contributed by atoms with Crippen LogP contribution in [0.1, 0.15) is 37.2 Å². The average Bonchev–Trinajstić information content (AvgIpc) is 2.46. The first kappa shape index (κ1) is 13.1. The first-order valence-corrected chi connectivity index (χ1v) is 6.80. The molecular formula is C15H22N2O. The second-order valence-corrected chi connectivity index (χ2v) is 4.95. The topological polar surface area (TPSA) is 41.1 Å². The zero-order valence-corrected chi connectivity index (χ0v) is 11.0. The van der Waals surface area contributed by atoms with Gasteiger partial charge in [0.2, 0.25) is 5.91 Å². The number of amides is 1. The van der Waals surface area contributed by atoms with Crippen LogP contribution < -0.4 is 10.6 Å². The predicted octanol–water partition coefficient (Wildman–Crippen LogP) is 2.05. The predicted molar refractivity (Wildman–Crippen MR) is 73.5 cm³/mol. The lowest BCUT2D eigenvalue weighted by molar-refractivity contribution is -0.121. The molecule has 1 aromatic rings. The van der Waals surface area contributed by atoms with Gasteiger partial charge < -0.3 is 10.6 Å². The molecule has 2 N–H and O–H groups in total. The number of carbonyl (C=O) groups excluding carboxylic acids is 1. The van der Waals surface area contributed by atoms with Gasteiger partial charge >= 0.3 is 0 Å². The van der Waals surface area contributed by atoms with E-state index in [9.17, 15) is 4.79 Å². The Labute approximate surface area is 109 Å². The summed E-state index contributed by atoms with van der Waals surface area (Å²) in [4.78, 5) is 11.7. The molecule has 0 radical (unpaired) electrons. The van der Waals surface area contributed by atoms with Gasteiger partial charge in [0.1, 0.15) is 0 Å². The van der Waals surface area contributed by atoms with Crippen molar-refractivity contribution < 1.29 is 4.79 Å². The van der Waals surface area contributed by atoms with Crippen molar-refractivity contribution in [3.05, 3.63) is 35.9 Å². The zero-order valence-electron chi connectivity index (χ0n) is 11.0. The summed E-state index contributed by atoms with van der Waals surface area (Å²) in [5, 5.41) is 6.30. The summed E-state index contributed by atoms with van der Waals surface area (Å²) in [6, 6.07) is 10.8. The maximum atomic E-state index is 11.7. The van der Waals surface area contributed by atoms with Crippen LogP contribution in [0.2, 0.25) is 0 Å². The summed E-state index contributed by atoms with van der Waals surface area (Å²) in [6.07, 6.45) is 4.24. The number of carbonyl (C=O) groups is 1. The summed E-state index contributed by atoms with van der Waals surface area (Å²) in [5.41, 5.74) is 1.26. The minimum Gasteiger partial charge on any atom is -0.359 e. The molecule has 1 amide bonds. The van der Waals surface area contributed by atoms with Crippen LogP contribution >= 0.6 is 0 Å². The largest absolute Gasteiger partial charge is 0.359 e. The van der Waals surface area contributed by atoms with Crippen LogP contribution in [0, 0.1) is 0 Å². The standard InChI is InChI=1S/C15H22N2O/c1-16-15(18)11-13(12-7-3-2-4-8-12)14-9-5-6-10-17-14/h2-4,7-8,13-14,17H,5-6,9-11H2,1H3,(H,16,18)/t13-,14+/m1/s1. The maximum absolute atomic E-state index is 11.7. The highest BCUT2D eigenvalue weighted by Gasteiger charge is 2.26. The van der Waals surface area contributed by atoms with Crippen LogP contribution in [-0.2, 0) is 4.79 Å². The van der Waals surface area contributed by atoms with E-state index < -0.39 is 0 Å². The molecule has 1 aliphatic heterocycles. The lowest BCUT2D eigenvalue weighted by Crippen LogP contribution is -2.40. The molecule has 2 atom stereocenters. The summed E-state index contributed by atoms with van der Waals surface area (Å²) in [5.74, 6) is 0.405. The molecule has 3 nitrogen and oxygen atoms in total. The summed E-state index contributed by atoms with van der Waals surface area (Å²) in [6.45, 7) is 1.07. The van der Waals surface area contributed by atoms with Crippen molar-refractivity contribution in [2.24, 2.45) is 0 Å². The van der Waals surface area contributed by atoms with Crippen LogP contribution in [0.5, 0.6) is 0 Å². The van der Waals surface area contributed by atoms with Gasteiger partial charge in [-0.3, -0.25) is 4.79 Å². The average molecular weight is 246 g/mol. The molecule has 1 saturated heterocycles. The van der Waals surface area contributed by atoms with Gasteiger partial charge in [-0.05, 0) is 24.9 Å². The number of hydrogen-bond donors (Lipinski definition) is 2. The molecule has 1 aliphatic rings. The molecule has 1 aromatic carbocycles. The van der Waals surface area contributed by atoms with Gasteiger partial charge in [-0.15, -0.1) is 0 Å². The van der Waals surface area contributed by atoms with Crippen molar-refractivity contribution in [3.8, 4) is 0 Å². The minimum atomic E-state index is 0.122. The van der Waals surface area contributed by atoms with Crippen LogP contribution in [0.3, 0.4) is 0 Å². The molecule has 0 bridgehead atoms. The second-order valence-electron chi connectivity index (χ2n) is 4.95. The Morgan fingerprint density at radius 1 is 1.39 bits per heavy atom. The number of rotatable bonds is 4. The number of benzene rings is 1. The van der Waals surface area contributed by atoms with Gasteiger partial charge in [-0.25, -0.2) is 0 Å². The molecule has 0 saturated carbocycles. The highest BCUT2D eigenvalue weighted by molar-refractivity contribution is 5.76. The van der Waals surface area contributed by atoms with Gasteiger partial charge in [0, 0.05) is 25.4 Å². The van der Waals surface area contributed by atoms with E-state index in [-0.39, 0.29) is 11.8 Å². The van der Waals surface area contributed by atoms with Crippen LogP contribution in [0.15, 0.2) is 30.3 Å². The van der Waals surface area contributed by atoms with Crippen molar-refractivity contribution in [1.82, 2.24) is 10.6 Å². The molecule has 0 aromatic heterocycles. The Morgan fingerprint density at radius 3 is 2.78 bits per heavy atom. The monoisotopic (exact) mass is 246 g/mol. The van der Waals surface area contributed by atoms with E-state index in [4.69, 9.17) is 0 Å². The highest BCUT2D eigenvalue weighted by atomic mass is 16.1. The number of nitrogens with one attached hydrogen (secondary N) is 2. The van der Waals surface area contributed by atoms with Gasteiger partial charge in [0.25, 0.3) is 0 Å². The Kier molecular flexibility index (Phi) is 4.76. The molecule has 1 heterocycles. The van der Waals surface area contributed by atoms with E-state index in [1.807, 2.05) is 6.07 Å². The van der Waals surface area contributed by atoms with Crippen molar-refractivity contribution in [2.75, 3.05) is 13.6 Å². The van der Waals surface area contributed by atoms with Gasteiger partial charge in [-0.2, -0.15) is 0 Å². The van der Waals surface area contributed by atoms with Crippen molar-refractivity contribution in [3.63, 3.8) is 0 Å². The number of hydrogen-bond acceptors (Lipinski definition) is 2. The Hall–Kier alpha value is -1.35. The minimum absolute atomic E-state index is 0.122. The van der Waals surface area contributed by atoms with E-state index >= 15 is 0 Å². The Balaban J connectivity index is 2.14. The molecule has 0 aliphatic carbocycles. The first-order valence-electron chi connectivity index (χ1n) is 6.80. The molecule has 3 heteroatoms. The van der Waals surface area contributed by atoms with Crippen molar-refractivity contribution in [2.45, 2.75) is 37.6 Å². The molecular weight excluding hydrogens is 224 g/mol. The summed E-state index contributed by atoms with van der Waals surface area (Å²) >= 11 is 0. The van der Waals surface area contributed by atoms with Crippen molar-refractivity contribution in [1.29, 1.82) is 0 Å². The molecule has 98 valence electrons. The van der Waals surface area contributed by atoms with E-state index in [0.717, 1.165) is 13.0 Å². The van der Waals surface area contributed by atoms with E-state index in [2.05, 4.69) is 34.9 Å². The zero-order chi connectivity index (χ0) is 12.8. The SMILES string of the molecule is CNC(=O)C[C@H](c1ccccc1)[C@@H]1CCCCN1. The normalized spacial score (nSPS) is 21.3. The molecule has 2 rings (SSSR count).